The highest BCUT2D eigenvalue weighted by molar-refractivity contribution is 5.95. The van der Waals surface area contributed by atoms with Gasteiger partial charge in [0.05, 0.1) is 6.54 Å². The molecule has 0 aliphatic heterocycles. The second kappa shape index (κ2) is 9.39. The number of hydrogen-bond acceptors (Lipinski definition) is 4. The number of carbonyl (C=O) groups excluding carboxylic acids is 3. The van der Waals surface area contributed by atoms with E-state index in [1.165, 1.54) is 4.90 Å². The van der Waals surface area contributed by atoms with E-state index in [9.17, 15) is 14.4 Å². The Labute approximate surface area is 161 Å². The van der Waals surface area contributed by atoms with E-state index in [2.05, 4.69) is 10.6 Å². The maximum absolute atomic E-state index is 12.3. The summed E-state index contributed by atoms with van der Waals surface area (Å²) >= 11 is 0. The summed E-state index contributed by atoms with van der Waals surface area (Å²) in [5, 5.41) is 5.40. The zero-order valence-electron chi connectivity index (χ0n) is 17.4. The van der Waals surface area contributed by atoms with Gasteiger partial charge in [-0.15, -0.1) is 0 Å². The highest BCUT2D eigenvalue weighted by Gasteiger charge is 2.17. The topological polar surface area (TPSA) is 87.7 Å². The predicted octanol–water partition coefficient (Wildman–Crippen LogP) is 2.92. The molecule has 7 heteroatoms. The summed E-state index contributed by atoms with van der Waals surface area (Å²) in [4.78, 5) is 37.3. The highest BCUT2D eigenvalue weighted by atomic mass is 16.6. The van der Waals surface area contributed by atoms with E-state index < -0.39 is 11.7 Å². The zero-order chi connectivity index (χ0) is 20.8. The number of ether oxygens (including phenoxy) is 1. The van der Waals surface area contributed by atoms with Gasteiger partial charge in [0.15, 0.2) is 0 Å². The molecule has 7 nitrogen and oxygen atoms in total. The Morgan fingerprint density at radius 1 is 1.07 bits per heavy atom. The van der Waals surface area contributed by atoms with E-state index in [1.54, 1.807) is 27.8 Å². The second-order valence-electron chi connectivity index (χ2n) is 7.75. The summed E-state index contributed by atoms with van der Waals surface area (Å²) in [6.07, 6.45) is -0.480. The maximum Gasteiger partial charge on any atom is 0.407 e. The molecule has 27 heavy (non-hydrogen) atoms. The lowest BCUT2D eigenvalue weighted by molar-refractivity contribution is -0.133. The van der Waals surface area contributed by atoms with Gasteiger partial charge in [0.2, 0.25) is 11.8 Å². The second-order valence-corrected chi connectivity index (χ2v) is 7.75. The van der Waals surface area contributed by atoms with Crippen LogP contribution in [0.4, 0.5) is 10.5 Å². The van der Waals surface area contributed by atoms with E-state index in [0.29, 0.717) is 0 Å². The maximum atomic E-state index is 12.3. The molecule has 0 fully saturated rings. The Bertz CT molecular complexity index is 685. The fourth-order valence-corrected chi connectivity index (χ4v) is 2.64. The average molecular weight is 377 g/mol. The Hall–Kier alpha value is -2.57. The molecule has 0 spiro atoms. The van der Waals surface area contributed by atoms with E-state index in [1.807, 2.05) is 32.9 Å². The van der Waals surface area contributed by atoms with E-state index in [-0.39, 0.29) is 31.3 Å². The Morgan fingerprint density at radius 3 is 2.15 bits per heavy atom. The smallest absolute Gasteiger partial charge is 0.407 e. The molecular weight excluding hydrogens is 346 g/mol. The van der Waals surface area contributed by atoms with E-state index in [4.69, 9.17) is 4.74 Å². The first-order chi connectivity index (χ1) is 12.4. The van der Waals surface area contributed by atoms with Crippen LogP contribution in [0.5, 0.6) is 0 Å². The zero-order valence-corrected chi connectivity index (χ0v) is 17.4. The minimum atomic E-state index is -0.588. The number of nitrogens with one attached hydrogen (secondary N) is 2. The van der Waals surface area contributed by atoms with Crippen LogP contribution in [0.15, 0.2) is 12.1 Å². The predicted molar refractivity (Wildman–Crippen MR) is 106 cm³/mol. The number of hydrogen-bond donors (Lipinski definition) is 2. The first kappa shape index (κ1) is 22.5. The number of anilines is 1. The van der Waals surface area contributed by atoms with Crippen molar-refractivity contribution in [2.45, 2.75) is 53.6 Å². The normalized spacial score (nSPS) is 10.9. The molecule has 0 aliphatic carbocycles. The van der Waals surface area contributed by atoms with Crippen LogP contribution in [-0.2, 0) is 14.3 Å². The summed E-state index contributed by atoms with van der Waals surface area (Å²) in [5.74, 6) is -0.500. The van der Waals surface area contributed by atoms with Gasteiger partial charge < -0.3 is 20.3 Å². The average Bonchev–Trinajstić information content (AvgIpc) is 2.48. The summed E-state index contributed by atoms with van der Waals surface area (Å²) < 4.78 is 5.10. The molecule has 0 bridgehead atoms. The van der Waals surface area contributed by atoms with Crippen molar-refractivity contribution >= 4 is 23.6 Å². The SMILES string of the molecule is Cc1cc(C)c(NC(=O)CN(C)C(=O)CCNC(=O)OC(C)(C)C)c(C)c1. The third-order valence-corrected chi connectivity index (χ3v) is 3.76. The molecule has 0 radical (unpaired) electrons. The fourth-order valence-electron chi connectivity index (χ4n) is 2.64. The summed E-state index contributed by atoms with van der Waals surface area (Å²) in [6.45, 7) is 11.3. The molecule has 2 N–H and O–H groups in total. The number of nitrogens with zero attached hydrogens (tertiary/aromatic N) is 1. The molecule has 0 heterocycles. The third kappa shape index (κ3) is 8.11. The monoisotopic (exact) mass is 377 g/mol. The molecule has 150 valence electrons. The first-order valence-electron chi connectivity index (χ1n) is 8.97. The molecule has 0 unspecified atom stereocenters. The lowest BCUT2D eigenvalue weighted by atomic mass is 10.1. The van der Waals surface area contributed by atoms with Crippen LogP contribution in [0.2, 0.25) is 0 Å². The lowest BCUT2D eigenvalue weighted by Gasteiger charge is -2.20. The van der Waals surface area contributed by atoms with Gasteiger partial charge in [0, 0.05) is 25.7 Å². The number of amides is 3. The molecule has 1 rings (SSSR count). The minimum absolute atomic E-state index is 0.0575. The van der Waals surface area contributed by atoms with Gasteiger partial charge in [-0.25, -0.2) is 4.79 Å². The summed E-state index contributed by atoms with van der Waals surface area (Å²) in [5.41, 5.74) is 3.29. The van der Waals surface area contributed by atoms with Gasteiger partial charge in [-0.1, -0.05) is 17.7 Å². The van der Waals surface area contributed by atoms with Crippen LogP contribution in [0.25, 0.3) is 0 Å². The van der Waals surface area contributed by atoms with Crippen molar-refractivity contribution in [3.8, 4) is 0 Å². The van der Waals surface area contributed by atoms with Crippen LogP contribution in [-0.4, -0.2) is 48.5 Å². The largest absolute Gasteiger partial charge is 0.444 e. The number of carbonyl (C=O) groups is 3. The number of likely N-dealkylation sites (N-methyl/N-ethyl adjacent to an activating group) is 1. The molecule has 1 aromatic carbocycles. The minimum Gasteiger partial charge on any atom is -0.444 e. The molecule has 3 amide bonds. The van der Waals surface area contributed by atoms with Crippen LogP contribution in [0, 0.1) is 20.8 Å². The van der Waals surface area contributed by atoms with Crippen molar-refractivity contribution < 1.29 is 19.1 Å². The molecule has 1 aromatic rings. The van der Waals surface area contributed by atoms with Crippen molar-refractivity contribution in [3.05, 3.63) is 28.8 Å². The summed E-state index contributed by atoms with van der Waals surface area (Å²) in [7, 11) is 1.56. The van der Waals surface area contributed by atoms with Crippen molar-refractivity contribution in [1.82, 2.24) is 10.2 Å². The standard InChI is InChI=1S/C20H31N3O4/c1-13-10-14(2)18(15(3)11-13)22-16(24)12-23(7)17(25)8-9-21-19(26)27-20(4,5)6/h10-11H,8-9,12H2,1-7H3,(H,21,26)(H,22,24). The molecule has 0 aliphatic rings. The van der Waals surface area contributed by atoms with Gasteiger partial charge >= 0.3 is 6.09 Å². The van der Waals surface area contributed by atoms with E-state index in [0.717, 1.165) is 22.4 Å². The first-order valence-corrected chi connectivity index (χ1v) is 8.97. The van der Waals surface area contributed by atoms with Crippen LogP contribution in [0.1, 0.15) is 43.9 Å². The number of alkyl carbamates (subject to hydrolysis) is 1. The van der Waals surface area contributed by atoms with Crippen molar-refractivity contribution in [2.24, 2.45) is 0 Å². The molecule has 0 saturated carbocycles. The highest BCUT2D eigenvalue weighted by Crippen LogP contribution is 2.21. The summed E-state index contributed by atoms with van der Waals surface area (Å²) in [6, 6.07) is 4.00. The molecule has 0 aromatic heterocycles. The van der Waals surface area contributed by atoms with Crippen LogP contribution < -0.4 is 10.6 Å². The molecular formula is C20H31N3O4. The number of rotatable bonds is 6. The van der Waals surface area contributed by atoms with Gasteiger partial charge in [0.25, 0.3) is 0 Å². The Morgan fingerprint density at radius 2 is 1.63 bits per heavy atom. The van der Waals surface area contributed by atoms with Crippen molar-refractivity contribution in [1.29, 1.82) is 0 Å². The van der Waals surface area contributed by atoms with Gasteiger partial charge in [-0.05, 0) is 52.7 Å². The quantitative estimate of drug-likeness (QED) is 0.798. The molecule has 0 atom stereocenters. The third-order valence-electron chi connectivity index (χ3n) is 3.76. The number of benzene rings is 1. The van der Waals surface area contributed by atoms with Crippen LogP contribution in [0.3, 0.4) is 0 Å². The van der Waals surface area contributed by atoms with Gasteiger partial charge in [-0.2, -0.15) is 0 Å². The number of aryl methyl sites for hydroxylation is 3. The Balaban J connectivity index is 2.47. The van der Waals surface area contributed by atoms with Gasteiger partial charge in [0.1, 0.15) is 5.60 Å². The van der Waals surface area contributed by atoms with Crippen molar-refractivity contribution in [2.75, 3.05) is 25.5 Å². The Kier molecular flexibility index (Phi) is 7.82. The molecule has 0 saturated heterocycles. The van der Waals surface area contributed by atoms with Crippen LogP contribution >= 0.6 is 0 Å². The van der Waals surface area contributed by atoms with Gasteiger partial charge in [-0.3, -0.25) is 9.59 Å². The fraction of sp³-hybridized carbons (Fsp3) is 0.550. The van der Waals surface area contributed by atoms with E-state index >= 15 is 0 Å². The lowest BCUT2D eigenvalue weighted by Crippen LogP contribution is -2.38. The van der Waals surface area contributed by atoms with Crippen molar-refractivity contribution in [3.63, 3.8) is 0 Å².